The topological polar surface area (TPSA) is 59.1 Å². The Balaban J connectivity index is 2.45. The first-order valence-corrected chi connectivity index (χ1v) is 4.51. The van der Waals surface area contributed by atoms with Crippen LogP contribution in [0.25, 0.3) is 10.9 Å². The lowest BCUT2D eigenvalue weighted by Gasteiger charge is -2.00. The second kappa shape index (κ2) is 2.63. The van der Waals surface area contributed by atoms with Crippen LogP contribution in [0.15, 0.2) is 30.5 Å². The van der Waals surface area contributed by atoms with Crippen molar-refractivity contribution in [1.29, 1.82) is 0 Å². The van der Waals surface area contributed by atoms with Gasteiger partial charge in [0, 0.05) is 5.39 Å². The molecule has 0 saturated heterocycles. The summed E-state index contributed by atoms with van der Waals surface area (Å²) in [7, 11) is 0. The number of benzene rings is 1. The number of pyridine rings is 1. The van der Waals surface area contributed by atoms with Crippen molar-refractivity contribution in [3.63, 3.8) is 0 Å². The van der Waals surface area contributed by atoms with Crippen molar-refractivity contribution in [3.05, 3.63) is 36.0 Å². The fourth-order valence-corrected chi connectivity index (χ4v) is 1.77. The van der Waals surface area contributed by atoms with Gasteiger partial charge in [-0.3, -0.25) is 14.6 Å². The molecule has 1 aromatic heterocycles. The summed E-state index contributed by atoms with van der Waals surface area (Å²) in [5.41, 5.74) is 1.66. The molecule has 0 aliphatic carbocycles. The van der Waals surface area contributed by atoms with Gasteiger partial charge in [-0.2, -0.15) is 0 Å². The highest BCUT2D eigenvalue weighted by molar-refractivity contribution is 6.53. The smallest absolute Gasteiger partial charge is 0.296 e. The quantitative estimate of drug-likeness (QED) is 0.650. The first-order valence-electron chi connectivity index (χ1n) is 4.51. The van der Waals surface area contributed by atoms with Crippen molar-refractivity contribution in [3.8, 4) is 0 Å². The third kappa shape index (κ3) is 0.985. The number of hydrogen-bond acceptors (Lipinski definition) is 3. The Kier molecular flexibility index (Phi) is 1.42. The lowest BCUT2D eigenvalue weighted by Crippen LogP contribution is -2.12. The van der Waals surface area contributed by atoms with E-state index in [2.05, 4.69) is 10.3 Å². The van der Waals surface area contributed by atoms with E-state index >= 15 is 0 Å². The summed E-state index contributed by atoms with van der Waals surface area (Å²) >= 11 is 0. The number of hydrogen-bond donors (Lipinski definition) is 1. The van der Waals surface area contributed by atoms with Crippen LogP contribution < -0.4 is 5.32 Å². The molecule has 0 radical (unpaired) electrons. The van der Waals surface area contributed by atoms with Crippen LogP contribution in [0.3, 0.4) is 0 Å². The number of carbonyl (C=O) groups excluding carboxylic acids is 2. The van der Waals surface area contributed by atoms with E-state index in [1.807, 2.05) is 18.2 Å². The number of carbonyl (C=O) groups is 2. The molecule has 0 spiro atoms. The van der Waals surface area contributed by atoms with Gasteiger partial charge in [-0.25, -0.2) is 0 Å². The molecule has 1 N–H and O–H groups in total. The summed E-state index contributed by atoms with van der Waals surface area (Å²) in [4.78, 5) is 26.9. The van der Waals surface area contributed by atoms with E-state index in [-0.39, 0.29) is 0 Å². The predicted octanol–water partition coefficient (Wildman–Crippen LogP) is 1.37. The zero-order chi connectivity index (χ0) is 10.4. The van der Waals surface area contributed by atoms with Crippen LogP contribution in [0.2, 0.25) is 0 Å². The Hall–Kier alpha value is -2.23. The normalized spacial score (nSPS) is 14.1. The van der Waals surface area contributed by atoms with Crippen LogP contribution >= 0.6 is 0 Å². The number of para-hydroxylation sites is 1. The summed E-state index contributed by atoms with van der Waals surface area (Å²) in [6.07, 6.45) is 1.51. The number of ketones is 1. The predicted molar refractivity (Wildman–Crippen MR) is 54.7 cm³/mol. The Morgan fingerprint density at radius 3 is 2.80 bits per heavy atom. The monoisotopic (exact) mass is 198 g/mol. The van der Waals surface area contributed by atoms with Crippen LogP contribution in [0.1, 0.15) is 10.4 Å². The molecule has 1 aromatic carbocycles. The van der Waals surface area contributed by atoms with Crippen molar-refractivity contribution in [2.75, 3.05) is 5.32 Å². The van der Waals surface area contributed by atoms with Crippen molar-refractivity contribution in [1.82, 2.24) is 4.98 Å². The van der Waals surface area contributed by atoms with Gasteiger partial charge in [0.25, 0.3) is 11.7 Å². The molecule has 0 unspecified atom stereocenters. The van der Waals surface area contributed by atoms with E-state index < -0.39 is 11.7 Å². The third-order valence-corrected chi connectivity index (χ3v) is 2.46. The molecule has 1 aliphatic heterocycles. The summed E-state index contributed by atoms with van der Waals surface area (Å²) < 4.78 is 0. The molecule has 4 nitrogen and oxygen atoms in total. The van der Waals surface area contributed by atoms with Crippen LogP contribution in [0, 0.1) is 0 Å². The number of amides is 1. The lowest BCUT2D eigenvalue weighted by molar-refractivity contribution is -0.112. The molecule has 3 rings (SSSR count). The Labute approximate surface area is 84.9 Å². The number of fused-ring (bicyclic) bond motifs is 3. The SMILES string of the molecule is O=C1Nc2cnc3ccccc3c2C1=O. The van der Waals surface area contributed by atoms with Crippen molar-refractivity contribution < 1.29 is 9.59 Å². The van der Waals surface area contributed by atoms with Crippen LogP contribution in [0.4, 0.5) is 5.69 Å². The largest absolute Gasteiger partial charge is 0.317 e. The van der Waals surface area contributed by atoms with Gasteiger partial charge in [-0.15, -0.1) is 0 Å². The van der Waals surface area contributed by atoms with Gasteiger partial charge in [-0.1, -0.05) is 18.2 Å². The van der Waals surface area contributed by atoms with Gasteiger partial charge in [0.2, 0.25) is 0 Å². The van der Waals surface area contributed by atoms with E-state index in [1.54, 1.807) is 6.07 Å². The summed E-state index contributed by atoms with van der Waals surface area (Å²) in [5, 5.41) is 3.21. The third-order valence-electron chi connectivity index (χ3n) is 2.46. The second-order valence-corrected chi connectivity index (χ2v) is 3.35. The van der Waals surface area contributed by atoms with Gasteiger partial charge in [0.1, 0.15) is 0 Å². The van der Waals surface area contributed by atoms with Crippen molar-refractivity contribution in [2.24, 2.45) is 0 Å². The first kappa shape index (κ1) is 8.11. The summed E-state index contributed by atoms with van der Waals surface area (Å²) in [6.45, 7) is 0. The summed E-state index contributed by atoms with van der Waals surface area (Å²) in [5.74, 6) is -1.06. The Morgan fingerprint density at radius 2 is 1.93 bits per heavy atom. The van der Waals surface area contributed by atoms with E-state index in [9.17, 15) is 9.59 Å². The highest BCUT2D eigenvalue weighted by Gasteiger charge is 2.29. The molecule has 4 heteroatoms. The van der Waals surface area contributed by atoms with Crippen molar-refractivity contribution >= 4 is 28.3 Å². The molecule has 72 valence electrons. The molecule has 2 aromatic rings. The number of rotatable bonds is 0. The molecule has 1 aliphatic rings. The first-order chi connectivity index (χ1) is 7.27. The van der Waals surface area contributed by atoms with Gasteiger partial charge < -0.3 is 5.32 Å². The molecule has 0 atom stereocenters. The molecule has 2 heterocycles. The maximum Gasteiger partial charge on any atom is 0.296 e. The minimum atomic E-state index is -0.580. The minimum absolute atomic E-state index is 0.436. The molecule has 1 amide bonds. The van der Waals surface area contributed by atoms with Gasteiger partial charge >= 0.3 is 0 Å². The Morgan fingerprint density at radius 1 is 1.13 bits per heavy atom. The lowest BCUT2D eigenvalue weighted by atomic mass is 10.1. The number of nitrogens with zero attached hydrogens (tertiary/aromatic N) is 1. The average Bonchev–Trinajstić information content (AvgIpc) is 2.55. The number of Topliss-reactive ketones (excluding diaryl/α,β-unsaturated/α-hetero) is 1. The van der Waals surface area contributed by atoms with E-state index in [0.29, 0.717) is 11.3 Å². The fourth-order valence-electron chi connectivity index (χ4n) is 1.77. The zero-order valence-electron chi connectivity index (χ0n) is 7.65. The van der Waals surface area contributed by atoms with Crippen LogP contribution in [-0.2, 0) is 4.79 Å². The fraction of sp³-hybridized carbons (Fsp3) is 0. The number of anilines is 1. The molecule has 15 heavy (non-hydrogen) atoms. The van der Waals surface area contributed by atoms with E-state index in [4.69, 9.17) is 0 Å². The molecule has 0 saturated carbocycles. The maximum atomic E-state index is 11.6. The zero-order valence-corrected chi connectivity index (χ0v) is 7.65. The Bertz CT molecular complexity index is 605. The number of nitrogens with one attached hydrogen (secondary N) is 1. The van der Waals surface area contributed by atoms with Gasteiger partial charge in [0.15, 0.2) is 0 Å². The molecular weight excluding hydrogens is 192 g/mol. The average molecular weight is 198 g/mol. The van der Waals surface area contributed by atoms with Crippen LogP contribution in [0.5, 0.6) is 0 Å². The minimum Gasteiger partial charge on any atom is -0.317 e. The van der Waals surface area contributed by atoms with E-state index in [1.165, 1.54) is 6.20 Å². The number of aromatic nitrogens is 1. The molecule has 0 bridgehead atoms. The molecule has 0 fully saturated rings. The van der Waals surface area contributed by atoms with Crippen LogP contribution in [-0.4, -0.2) is 16.7 Å². The van der Waals surface area contributed by atoms with Crippen molar-refractivity contribution in [2.45, 2.75) is 0 Å². The van der Waals surface area contributed by atoms with Gasteiger partial charge in [-0.05, 0) is 6.07 Å². The van der Waals surface area contributed by atoms with Gasteiger partial charge in [0.05, 0.1) is 23.0 Å². The van der Waals surface area contributed by atoms with E-state index in [0.717, 1.165) is 10.9 Å². The standard InChI is InChI=1S/C11H6N2O2/c14-10-9-6-3-1-2-4-7(6)12-5-8(9)13-11(10)15/h1-5H,(H,13,14,15). The summed E-state index contributed by atoms with van der Waals surface area (Å²) in [6, 6.07) is 7.27. The second-order valence-electron chi connectivity index (χ2n) is 3.35. The molecular formula is C11H6N2O2. The highest BCUT2D eigenvalue weighted by atomic mass is 16.2. The maximum absolute atomic E-state index is 11.6. The highest BCUT2D eigenvalue weighted by Crippen LogP contribution is 2.28.